The molecule has 5 heteroatoms. The Morgan fingerprint density at radius 3 is 2.59 bits per heavy atom. The summed E-state index contributed by atoms with van der Waals surface area (Å²) in [5.74, 6) is 2.73. The first-order valence-corrected chi connectivity index (χ1v) is 14.0. The Morgan fingerprint density at radius 2 is 1.86 bits per heavy atom. The molecule has 2 aromatic carbocycles. The van der Waals surface area contributed by atoms with Gasteiger partial charge in [0, 0.05) is 24.8 Å². The van der Waals surface area contributed by atoms with Gasteiger partial charge in [-0.3, -0.25) is 0 Å². The molecule has 5 nitrogen and oxygen atoms in total. The number of methoxy groups -OCH3 is 1. The van der Waals surface area contributed by atoms with Crippen LogP contribution in [0.2, 0.25) is 0 Å². The molecule has 1 heterocycles. The van der Waals surface area contributed by atoms with E-state index in [4.69, 9.17) is 4.74 Å². The third kappa shape index (κ3) is 6.05. The molecule has 2 atom stereocenters. The second-order valence-corrected chi connectivity index (χ2v) is 11.1. The number of nitrogens with zero attached hydrogens (tertiary/aromatic N) is 2. The topological polar surface area (TPSA) is 56.2 Å². The van der Waals surface area contributed by atoms with E-state index in [2.05, 4.69) is 59.3 Å². The number of rotatable bonds is 8. The summed E-state index contributed by atoms with van der Waals surface area (Å²) in [4.78, 5) is 4.80. The molecule has 2 aliphatic carbocycles. The van der Waals surface area contributed by atoms with Crippen LogP contribution >= 0.6 is 0 Å². The summed E-state index contributed by atoms with van der Waals surface area (Å²) in [6, 6.07) is 12.2. The van der Waals surface area contributed by atoms with Gasteiger partial charge >= 0.3 is 0 Å². The first-order chi connectivity index (χ1) is 18.0. The van der Waals surface area contributed by atoms with Crippen LogP contribution in [0.1, 0.15) is 48.3 Å². The Bertz CT molecular complexity index is 1130. The van der Waals surface area contributed by atoms with Gasteiger partial charge in [0.25, 0.3) is 0 Å². The minimum absolute atomic E-state index is 0.122. The van der Waals surface area contributed by atoms with Crippen LogP contribution in [-0.4, -0.2) is 62.1 Å². The fourth-order valence-corrected chi connectivity index (χ4v) is 6.45. The number of fused-ring (bicyclic) bond motifs is 1. The minimum Gasteiger partial charge on any atom is -0.508 e. The summed E-state index contributed by atoms with van der Waals surface area (Å²) in [6.07, 6.45) is 13.8. The lowest BCUT2D eigenvalue weighted by Gasteiger charge is -2.34. The quantitative estimate of drug-likeness (QED) is 0.512. The molecule has 3 aliphatic rings. The van der Waals surface area contributed by atoms with Crippen molar-refractivity contribution in [3.05, 3.63) is 76.9 Å². The van der Waals surface area contributed by atoms with Crippen molar-refractivity contribution in [1.29, 1.82) is 0 Å². The molecule has 37 heavy (non-hydrogen) atoms. The van der Waals surface area contributed by atoms with Crippen LogP contribution in [-0.2, 0) is 12.8 Å². The summed E-state index contributed by atoms with van der Waals surface area (Å²) in [5, 5.41) is 19.9. The second kappa shape index (κ2) is 11.7. The SMILES string of the molecule is COc1ccc([C@@H]2CCc3cc(O)ccc3C2)c(N(CCO)CC2C=CC(C3CCN(C)CC3)=CC2)c1. The van der Waals surface area contributed by atoms with Gasteiger partial charge in [0.1, 0.15) is 11.5 Å². The fourth-order valence-electron chi connectivity index (χ4n) is 6.45. The highest BCUT2D eigenvalue weighted by Crippen LogP contribution is 2.40. The number of aliphatic hydroxyl groups is 1. The molecule has 198 valence electrons. The molecule has 0 bridgehead atoms. The number of anilines is 1. The minimum atomic E-state index is 0.122. The lowest BCUT2D eigenvalue weighted by molar-refractivity contribution is 0.239. The number of benzene rings is 2. The maximum atomic E-state index is 10.0. The van der Waals surface area contributed by atoms with Crippen LogP contribution in [0.5, 0.6) is 11.5 Å². The number of allylic oxidation sites excluding steroid dienone is 3. The number of hydrogen-bond donors (Lipinski definition) is 2. The third-order valence-corrected chi connectivity index (χ3v) is 8.67. The largest absolute Gasteiger partial charge is 0.508 e. The summed E-state index contributed by atoms with van der Waals surface area (Å²) >= 11 is 0. The number of piperidine rings is 1. The molecular weight excluding hydrogens is 460 g/mol. The highest BCUT2D eigenvalue weighted by atomic mass is 16.5. The number of hydrogen-bond acceptors (Lipinski definition) is 5. The number of likely N-dealkylation sites (tertiary alicyclic amines) is 1. The Hall–Kier alpha value is -2.76. The summed E-state index contributed by atoms with van der Waals surface area (Å²) in [7, 11) is 3.94. The Balaban J connectivity index is 1.34. The number of aromatic hydroxyl groups is 1. The lowest BCUT2D eigenvalue weighted by Crippen LogP contribution is -2.34. The molecule has 1 unspecified atom stereocenters. The van der Waals surface area contributed by atoms with Gasteiger partial charge in [-0.2, -0.15) is 0 Å². The van der Waals surface area contributed by atoms with Crippen molar-refractivity contribution in [2.45, 2.75) is 44.4 Å². The van der Waals surface area contributed by atoms with Gasteiger partial charge in [0.2, 0.25) is 0 Å². The van der Waals surface area contributed by atoms with Gasteiger partial charge in [-0.05, 0) is 117 Å². The maximum absolute atomic E-state index is 10.0. The molecule has 2 aromatic rings. The van der Waals surface area contributed by atoms with E-state index in [1.807, 2.05) is 6.07 Å². The van der Waals surface area contributed by atoms with Crippen molar-refractivity contribution in [1.82, 2.24) is 4.90 Å². The maximum Gasteiger partial charge on any atom is 0.120 e. The number of phenolic OH excluding ortho intramolecular Hbond substituents is 1. The van der Waals surface area contributed by atoms with Crippen molar-refractivity contribution >= 4 is 5.69 Å². The van der Waals surface area contributed by atoms with Gasteiger partial charge in [0.05, 0.1) is 13.7 Å². The average Bonchev–Trinajstić information content (AvgIpc) is 2.93. The van der Waals surface area contributed by atoms with Crippen LogP contribution in [0.15, 0.2) is 60.2 Å². The van der Waals surface area contributed by atoms with Gasteiger partial charge in [-0.1, -0.05) is 30.4 Å². The van der Waals surface area contributed by atoms with E-state index in [-0.39, 0.29) is 6.61 Å². The van der Waals surface area contributed by atoms with Crippen LogP contribution < -0.4 is 9.64 Å². The second-order valence-electron chi connectivity index (χ2n) is 11.1. The number of aryl methyl sites for hydroxylation is 1. The standard InChI is InChI=1S/C32H42N2O3/c1-33-15-13-25(14-16-33)24-5-3-23(4-6-24)22-34(17-18-35)32-21-30(37-2)11-12-31(32)28-8-7-27-20-29(36)10-9-26(27)19-28/h3,5-6,9-12,20-21,23,25,28,35-36H,4,7-8,13-19,22H2,1-2H3/t23?,28-/m1/s1. The molecule has 5 rings (SSSR count). The van der Waals surface area contributed by atoms with Crippen molar-refractivity contribution in [2.24, 2.45) is 11.8 Å². The molecule has 2 N–H and O–H groups in total. The molecule has 1 aliphatic heterocycles. The zero-order chi connectivity index (χ0) is 25.8. The Labute approximate surface area is 222 Å². The normalized spacial score (nSPS) is 22.4. The third-order valence-electron chi connectivity index (χ3n) is 8.67. The van der Waals surface area contributed by atoms with Gasteiger partial charge in [-0.25, -0.2) is 0 Å². The fraction of sp³-hybridized carbons (Fsp3) is 0.500. The molecule has 0 aromatic heterocycles. The molecule has 0 spiro atoms. The first-order valence-electron chi connectivity index (χ1n) is 14.0. The van der Waals surface area contributed by atoms with E-state index < -0.39 is 0 Å². The molecule has 0 amide bonds. The van der Waals surface area contributed by atoms with Crippen LogP contribution in [0.25, 0.3) is 0 Å². The molecular formula is C32H42N2O3. The number of ether oxygens (including phenoxy) is 1. The van der Waals surface area contributed by atoms with Crippen molar-refractivity contribution in [3.63, 3.8) is 0 Å². The van der Waals surface area contributed by atoms with E-state index >= 15 is 0 Å². The lowest BCUT2D eigenvalue weighted by atomic mass is 9.79. The van der Waals surface area contributed by atoms with Gasteiger partial charge in [0.15, 0.2) is 0 Å². The highest BCUT2D eigenvalue weighted by Gasteiger charge is 2.26. The monoisotopic (exact) mass is 502 g/mol. The summed E-state index contributed by atoms with van der Waals surface area (Å²) in [5.41, 5.74) is 6.62. The zero-order valence-electron chi connectivity index (χ0n) is 22.4. The Morgan fingerprint density at radius 1 is 1.03 bits per heavy atom. The van der Waals surface area contributed by atoms with E-state index in [1.54, 1.807) is 13.2 Å². The predicted octanol–water partition coefficient (Wildman–Crippen LogP) is 5.32. The summed E-state index contributed by atoms with van der Waals surface area (Å²) < 4.78 is 5.63. The highest BCUT2D eigenvalue weighted by molar-refractivity contribution is 5.60. The van der Waals surface area contributed by atoms with E-state index in [0.29, 0.717) is 30.0 Å². The molecule has 1 saturated heterocycles. The molecule has 1 fully saturated rings. The zero-order valence-corrected chi connectivity index (χ0v) is 22.4. The molecule has 0 saturated carbocycles. The van der Waals surface area contributed by atoms with E-state index in [0.717, 1.165) is 38.0 Å². The predicted molar refractivity (Wildman–Crippen MR) is 151 cm³/mol. The van der Waals surface area contributed by atoms with Crippen LogP contribution in [0, 0.1) is 11.8 Å². The van der Waals surface area contributed by atoms with Gasteiger partial charge < -0.3 is 24.7 Å². The van der Waals surface area contributed by atoms with E-state index in [1.165, 1.54) is 53.9 Å². The van der Waals surface area contributed by atoms with E-state index in [9.17, 15) is 10.2 Å². The average molecular weight is 503 g/mol. The van der Waals surface area contributed by atoms with Crippen molar-refractivity contribution in [3.8, 4) is 11.5 Å². The van der Waals surface area contributed by atoms with Crippen LogP contribution in [0.4, 0.5) is 5.69 Å². The number of aliphatic hydroxyl groups excluding tert-OH is 1. The summed E-state index contributed by atoms with van der Waals surface area (Å²) in [6.45, 7) is 3.99. The molecule has 0 radical (unpaired) electrons. The van der Waals surface area contributed by atoms with Crippen molar-refractivity contribution in [2.75, 3.05) is 51.8 Å². The smallest absolute Gasteiger partial charge is 0.120 e. The van der Waals surface area contributed by atoms with Crippen molar-refractivity contribution < 1.29 is 14.9 Å². The number of phenols is 1. The van der Waals surface area contributed by atoms with Gasteiger partial charge in [-0.15, -0.1) is 0 Å². The first kappa shape index (κ1) is 25.9. The van der Waals surface area contributed by atoms with Crippen LogP contribution in [0.3, 0.4) is 0 Å². The Kier molecular flexibility index (Phi) is 8.21.